The Hall–Kier alpha value is -3.32. The SMILES string of the molecule is C=CCNC(=O)C(=O)C(CC1CC1)NC(=O)[C@@H]1C2C(CN1COC[C@@H](NC(=O)N[C@H](CN1C(=O)CC(C)(C)CC1=O)C(C)(C)C)C1(CC)CCCCC1)C2(C)C. The van der Waals surface area contributed by atoms with Crippen LogP contribution in [0.4, 0.5) is 4.79 Å². The summed E-state index contributed by atoms with van der Waals surface area (Å²) in [5, 5.41) is 12.0. The van der Waals surface area contributed by atoms with E-state index in [9.17, 15) is 28.8 Å². The van der Waals surface area contributed by atoms with Gasteiger partial charge in [0.05, 0.1) is 37.5 Å². The number of amides is 6. The molecule has 2 heterocycles. The summed E-state index contributed by atoms with van der Waals surface area (Å²) >= 11 is 0. The molecule has 4 N–H and O–H groups in total. The summed E-state index contributed by atoms with van der Waals surface area (Å²) in [6.07, 6.45) is 10.5. The van der Waals surface area contributed by atoms with Gasteiger partial charge in [0.1, 0.15) is 0 Å². The highest BCUT2D eigenvalue weighted by Crippen LogP contribution is 2.64. The van der Waals surface area contributed by atoms with Crippen molar-refractivity contribution >= 4 is 35.4 Å². The number of rotatable bonds is 18. The number of urea groups is 1. The Morgan fingerprint density at radius 2 is 1.61 bits per heavy atom. The Bertz CT molecular complexity index is 1490. The molecule has 3 aliphatic carbocycles. The minimum atomic E-state index is -0.888. The summed E-state index contributed by atoms with van der Waals surface area (Å²) in [5.74, 6) is -1.31. The highest BCUT2D eigenvalue weighted by atomic mass is 16.5. The molecule has 56 heavy (non-hydrogen) atoms. The van der Waals surface area contributed by atoms with E-state index in [0.717, 1.165) is 51.4 Å². The van der Waals surface area contributed by atoms with Gasteiger partial charge in [-0.3, -0.25) is 33.8 Å². The quantitative estimate of drug-likeness (QED) is 0.0884. The summed E-state index contributed by atoms with van der Waals surface area (Å²) in [6, 6.07) is -2.56. The minimum Gasteiger partial charge on any atom is -0.364 e. The van der Waals surface area contributed by atoms with Crippen LogP contribution in [0.5, 0.6) is 0 Å². The minimum absolute atomic E-state index is 0.0321. The molecule has 3 unspecified atom stereocenters. The van der Waals surface area contributed by atoms with Crippen LogP contribution in [0.3, 0.4) is 0 Å². The number of piperidine rings is 2. The van der Waals surface area contributed by atoms with Crippen LogP contribution in [-0.2, 0) is 28.7 Å². The molecule has 5 aliphatic rings. The maximum atomic E-state index is 14.1. The van der Waals surface area contributed by atoms with Crippen LogP contribution < -0.4 is 21.3 Å². The maximum absolute atomic E-state index is 14.1. The first-order valence-corrected chi connectivity index (χ1v) is 21.2. The van der Waals surface area contributed by atoms with E-state index in [4.69, 9.17) is 4.74 Å². The molecule has 0 aromatic carbocycles. The Balaban J connectivity index is 1.26. The second-order valence-corrected chi connectivity index (χ2v) is 20.1. The van der Waals surface area contributed by atoms with Gasteiger partial charge in [0.15, 0.2) is 0 Å². The zero-order valence-corrected chi connectivity index (χ0v) is 35.4. The monoisotopic (exact) mass is 783 g/mol. The molecule has 0 bridgehead atoms. The van der Waals surface area contributed by atoms with E-state index in [2.05, 4.69) is 48.6 Å². The van der Waals surface area contributed by atoms with Crippen molar-refractivity contribution < 1.29 is 33.5 Å². The lowest BCUT2D eigenvalue weighted by atomic mass is 9.67. The summed E-state index contributed by atoms with van der Waals surface area (Å²) in [4.78, 5) is 83.4. The van der Waals surface area contributed by atoms with E-state index in [1.54, 1.807) is 0 Å². The number of carbonyl (C=O) groups excluding carboxylic acids is 6. The Labute approximate surface area is 334 Å². The van der Waals surface area contributed by atoms with E-state index >= 15 is 0 Å². The first kappa shape index (κ1) is 43.8. The summed E-state index contributed by atoms with van der Waals surface area (Å²) in [7, 11) is 0. The van der Waals surface area contributed by atoms with Gasteiger partial charge in [-0.1, -0.05) is 93.6 Å². The molecule has 5 fully saturated rings. The molecule has 0 spiro atoms. The van der Waals surface area contributed by atoms with E-state index in [0.29, 0.717) is 24.8 Å². The zero-order chi connectivity index (χ0) is 41.2. The van der Waals surface area contributed by atoms with E-state index in [1.165, 1.54) is 11.0 Å². The van der Waals surface area contributed by atoms with Gasteiger partial charge in [0.25, 0.3) is 5.91 Å². The number of fused-ring (bicyclic) bond motifs is 1. The number of imide groups is 1. The second-order valence-electron chi connectivity index (χ2n) is 20.1. The molecule has 0 aromatic rings. The fourth-order valence-corrected chi connectivity index (χ4v) is 9.76. The zero-order valence-electron chi connectivity index (χ0n) is 35.4. The van der Waals surface area contributed by atoms with Gasteiger partial charge in [-0.2, -0.15) is 0 Å². The van der Waals surface area contributed by atoms with Crippen molar-refractivity contribution in [3.05, 3.63) is 12.7 Å². The molecule has 0 aromatic heterocycles. The number of hydrogen-bond acceptors (Lipinski definition) is 8. The van der Waals surface area contributed by atoms with Crippen molar-refractivity contribution in [1.29, 1.82) is 0 Å². The molecule has 2 saturated heterocycles. The molecule has 0 radical (unpaired) electrons. The molecule has 2 aliphatic heterocycles. The first-order valence-electron chi connectivity index (χ1n) is 21.2. The second kappa shape index (κ2) is 17.3. The van der Waals surface area contributed by atoms with Crippen molar-refractivity contribution in [2.24, 2.45) is 39.4 Å². The van der Waals surface area contributed by atoms with Gasteiger partial charge in [-0.05, 0) is 65.1 Å². The average Bonchev–Trinajstić information content (AvgIpc) is 3.98. The number of ketones is 1. The van der Waals surface area contributed by atoms with Crippen molar-refractivity contribution in [2.75, 3.05) is 33.0 Å². The highest BCUT2D eigenvalue weighted by Gasteiger charge is 2.68. The lowest BCUT2D eigenvalue weighted by Crippen LogP contribution is -2.60. The summed E-state index contributed by atoms with van der Waals surface area (Å²) in [6.45, 7) is 21.3. The third-order valence-electron chi connectivity index (χ3n) is 13.8. The fraction of sp³-hybridized carbons (Fsp3) is 0.814. The van der Waals surface area contributed by atoms with Crippen LogP contribution in [0.15, 0.2) is 12.7 Å². The predicted molar refractivity (Wildman–Crippen MR) is 214 cm³/mol. The van der Waals surface area contributed by atoms with Crippen LogP contribution in [-0.4, -0.2) is 102 Å². The first-order chi connectivity index (χ1) is 26.2. The van der Waals surface area contributed by atoms with Crippen molar-refractivity contribution in [3.63, 3.8) is 0 Å². The van der Waals surface area contributed by atoms with Crippen LogP contribution in [0.1, 0.15) is 126 Å². The third-order valence-corrected chi connectivity index (χ3v) is 13.8. The molecule has 13 nitrogen and oxygen atoms in total. The molecule has 6 atom stereocenters. The Kier molecular flexibility index (Phi) is 13.5. The van der Waals surface area contributed by atoms with E-state index in [-0.39, 0.29) is 91.2 Å². The highest BCUT2D eigenvalue weighted by molar-refractivity contribution is 6.38. The number of nitrogens with zero attached hydrogens (tertiary/aromatic N) is 2. The van der Waals surface area contributed by atoms with E-state index in [1.807, 2.05) is 39.5 Å². The van der Waals surface area contributed by atoms with Crippen LogP contribution in [0, 0.1) is 39.4 Å². The fourth-order valence-electron chi connectivity index (χ4n) is 9.76. The third kappa shape index (κ3) is 10.2. The smallest absolute Gasteiger partial charge is 0.315 e. The average molecular weight is 783 g/mol. The van der Waals surface area contributed by atoms with Crippen LogP contribution in [0.25, 0.3) is 0 Å². The lowest BCUT2D eigenvalue weighted by molar-refractivity contribution is -0.153. The number of carbonyl (C=O) groups is 6. The molecule has 5 rings (SSSR count). The summed E-state index contributed by atoms with van der Waals surface area (Å²) in [5.41, 5.74) is -1.03. The molecule has 13 heteroatoms. The van der Waals surface area contributed by atoms with Crippen LogP contribution >= 0.6 is 0 Å². The molecular weight excluding hydrogens is 713 g/mol. The molecule has 6 amide bonds. The largest absolute Gasteiger partial charge is 0.364 e. The predicted octanol–water partition coefficient (Wildman–Crippen LogP) is 4.69. The van der Waals surface area contributed by atoms with Gasteiger partial charge in [0.2, 0.25) is 23.5 Å². The molecule has 3 saturated carbocycles. The lowest BCUT2D eigenvalue weighted by Gasteiger charge is -2.44. The van der Waals surface area contributed by atoms with Crippen LogP contribution in [0.2, 0.25) is 0 Å². The topological polar surface area (TPSA) is 166 Å². The maximum Gasteiger partial charge on any atom is 0.315 e. The summed E-state index contributed by atoms with van der Waals surface area (Å²) < 4.78 is 6.49. The number of hydrogen-bond donors (Lipinski definition) is 4. The molecular formula is C43H70N6O7. The molecule has 314 valence electrons. The number of likely N-dealkylation sites (tertiary alicyclic amines) is 2. The Morgan fingerprint density at radius 1 is 0.964 bits per heavy atom. The van der Waals surface area contributed by atoms with Gasteiger partial charge in [-0.15, -0.1) is 6.58 Å². The number of Topliss-reactive ketones (excluding diaryl/α,β-unsaturated/α-hetero) is 1. The van der Waals surface area contributed by atoms with Gasteiger partial charge in [0, 0.05) is 32.5 Å². The van der Waals surface area contributed by atoms with Crippen molar-refractivity contribution in [3.8, 4) is 0 Å². The van der Waals surface area contributed by atoms with Gasteiger partial charge < -0.3 is 26.0 Å². The number of ether oxygens (including phenoxy) is 1. The van der Waals surface area contributed by atoms with Crippen molar-refractivity contribution in [1.82, 2.24) is 31.1 Å². The normalized spacial score (nSPS) is 27.0. The standard InChI is InChI=1S/C43H70N6O7/c1-10-19-44-38(54)36(52)29(20-27-15-16-27)45-37(53)35-34-28(42(34,8)9)23-48(35)26-56-25-31(43(11-2)17-13-12-14-18-43)47-39(55)46-30(40(3,4)5)24-49-32(50)21-41(6,7)22-33(49)51/h10,27-31,34-35H,1,11-26H2,2-9H3,(H,44,54)(H,45,53)(H2,46,47,55)/t28?,29?,30-,31-,34?,35+/m1/s1. The number of nitrogens with one attached hydrogen (secondary N) is 4. The van der Waals surface area contributed by atoms with Gasteiger partial charge >= 0.3 is 6.03 Å². The Morgan fingerprint density at radius 3 is 2.18 bits per heavy atom. The van der Waals surface area contributed by atoms with E-state index < -0.39 is 35.2 Å². The van der Waals surface area contributed by atoms with Crippen molar-refractivity contribution in [2.45, 2.75) is 150 Å². The van der Waals surface area contributed by atoms with Gasteiger partial charge in [-0.25, -0.2) is 4.79 Å².